The average molecular weight is 381 g/mol. The SMILES string of the molecule is Oc1c(C=Nc2ccccc2Cl)sc(=S)n1-c1ccc(Cl)cc1. The van der Waals surface area contributed by atoms with Gasteiger partial charge in [-0.1, -0.05) is 46.7 Å². The number of rotatable bonds is 3. The van der Waals surface area contributed by atoms with Gasteiger partial charge in [0.2, 0.25) is 5.88 Å². The van der Waals surface area contributed by atoms with E-state index in [2.05, 4.69) is 4.99 Å². The van der Waals surface area contributed by atoms with E-state index in [1.54, 1.807) is 47.2 Å². The van der Waals surface area contributed by atoms with Crippen LogP contribution in [0, 0.1) is 3.95 Å². The summed E-state index contributed by atoms with van der Waals surface area (Å²) in [5.74, 6) is 0.0399. The first kappa shape index (κ1) is 16.2. The molecule has 0 radical (unpaired) electrons. The van der Waals surface area contributed by atoms with Crippen LogP contribution in [-0.4, -0.2) is 15.9 Å². The van der Waals surface area contributed by atoms with Crippen LogP contribution < -0.4 is 0 Å². The first-order valence-corrected chi connectivity index (χ1v) is 8.53. The maximum atomic E-state index is 10.4. The zero-order valence-electron chi connectivity index (χ0n) is 11.6. The van der Waals surface area contributed by atoms with Crippen molar-refractivity contribution in [2.75, 3.05) is 0 Å². The molecule has 0 atom stereocenters. The third-order valence-corrected chi connectivity index (χ3v) is 4.94. The number of halogens is 2. The van der Waals surface area contributed by atoms with Gasteiger partial charge in [0.1, 0.15) is 4.88 Å². The fraction of sp³-hybridized carbons (Fsp3) is 0. The van der Waals surface area contributed by atoms with Crippen LogP contribution in [0.4, 0.5) is 5.69 Å². The number of hydrogen-bond acceptors (Lipinski definition) is 4. The maximum Gasteiger partial charge on any atom is 0.216 e. The molecule has 0 fully saturated rings. The van der Waals surface area contributed by atoms with E-state index in [0.717, 1.165) is 5.69 Å². The zero-order chi connectivity index (χ0) is 16.4. The number of aliphatic imine (C=N–C) groups is 1. The number of aromatic nitrogens is 1. The molecule has 0 aliphatic heterocycles. The summed E-state index contributed by atoms with van der Waals surface area (Å²) in [6.07, 6.45) is 1.56. The van der Waals surface area contributed by atoms with Crippen LogP contribution in [0.25, 0.3) is 5.69 Å². The minimum absolute atomic E-state index is 0.0399. The number of thiazole rings is 1. The molecular formula is C16H10Cl2N2OS2. The van der Waals surface area contributed by atoms with Gasteiger partial charge in [0.15, 0.2) is 3.95 Å². The molecule has 0 aliphatic carbocycles. The van der Waals surface area contributed by atoms with Crippen LogP contribution in [0.5, 0.6) is 5.88 Å². The van der Waals surface area contributed by atoms with E-state index >= 15 is 0 Å². The lowest BCUT2D eigenvalue weighted by Crippen LogP contribution is -1.93. The summed E-state index contributed by atoms with van der Waals surface area (Å²) < 4.78 is 2.09. The van der Waals surface area contributed by atoms with Gasteiger partial charge in [0.25, 0.3) is 0 Å². The molecule has 2 aromatic carbocycles. The molecule has 23 heavy (non-hydrogen) atoms. The molecule has 1 N–H and O–H groups in total. The van der Waals surface area contributed by atoms with Crippen molar-refractivity contribution in [3.63, 3.8) is 0 Å². The Morgan fingerprint density at radius 1 is 1.09 bits per heavy atom. The van der Waals surface area contributed by atoms with Crippen LogP contribution in [0.2, 0.25) is 10.0 Å². The Hall–Kier alpha value is -1.66. The van der Waals surface area contributed by atoms with Crippen LogP contribution in [0.3, 0.4) is 0 Å². The number of benzene rings is 2. The number of hydrogen-bond donors (Lipinski definition) is 1. The summed E-state index contributed by atoms with van der Waals surface area (Å²) in [4.78, 5) is 4.87. The van der Waals surface area contributed by atoms with Gasteiger partial charge >= 0.3 is 0 Å². The lowest BCUT2D eigenvalue weighted by Gasteiger charge is -2.04. The Morgan fingerprint density at radius 2 is 1.78 bits per heavy atom. The Morgan fingerprint density at radius 3 is 2.48 bits per heavy atom. The lowest BCUT2D eigenvalue weighted by atomic mass is 10.3. The highest BCUT2D eigenvalue weighted by atomic mass is 35.5. The van der Waals surface area contributed by atoms with Gasteiger partial charge in [-0.05, 0) is 48.6 Å². The molecule has 3 nitrogen and oxygen atoms in total. The van der Waals surface area contributed by atoms with E-state index in [1.165, 1.54) is 11.3 Å². The fourth-order valence-electron chi connectivity index (χ4n) is 1.97. The van der Waals surface area contributed by atoms with Crippen molar-refractivity contribution >= 4 is 58.7 Å². The van der Waals surface area contributed by atoms with Gasteiger partial charge in [-0.2, -0.15) is 0 Å². The largest absolute Gasteiger partial charge is 0.493 e. The monoisotopic (exact) mass is 380 g/mol. The highest BCUT2D eigenvalue weighted by Crippen LogP contribution is 2.30. The molecule has 0 saturated carbocycles. The summed E-state index contributed by atoms with van der Waals surface area (Å²) in [7, 11) is 0. The van der Waals surface area contributed by atoms with E-state index < -0.39 is 0 Å². The van der Waals surface area contributed by atoms with Crippen LogP contribution in [0.15, 0.2) is 53.5 Å². The molecule has 0 bridgehead atoms. The Kier molecular flexibility index (Phi) is 4.82. The zero-order valence-corrected chi connectivity index (χ0v) is 14.8. The normalized spacial score (nSPS) is 11.2. The number of aromatic hydroxyl groups is 1. The summed E-state index contributed by atoms with van der Waals surface area (Å²) in [6.45, 7) is 0. The molecule has 0 saturated heterocycles. The Bertz CT molecular complexity index is 930. The van der Waals surface area contributed by atoms with Gasteiger partial charge < -0.3 is 5.11 Å². The third kappa shape index (κ3) is 3.48. The highest BCUT2D eigenvalue weighted by molar-refractivity contribution is 7.73. The first-order chi connectivity index (χ1) is 11.1. The quantitative estimate of drug-likeness (QED) is 0.444. The van der Waals surface area contributed by atoms with Crippen molar-refractivity contribution in [2.45, 2.75) is 0 Å². The van der Waals surface area contributed by atoms with Crippen LogP contribution >= 0.6 is 46.8 Å². The predicted molar refractivity (Wildman–Crippen MR) is 99.9 cm³/mol. The van der Waals surface area contributed by atoms with Crippen molar-refractivity contribution in [3.05, 3.63) is 67.4 Å². The average Bonchev–Trinajstić information content (AvgIpc) is 2.82. The molecule has 0 spiro atoms. The van der Waals surface area contributed by atoms with Crippen molar-refractivity contribution in [2.24, 2.45) is 4.99 Å². The summed E-state index contributed by atoms with van der Waals surface area (Å²) >= 11 is 18.6. The third-order valence-electron chi connectivity index (χ3n) is 3.07. The van der Waals surface area contributed by atoms with Gasteiger partial charge in [0, 0.05) is 5.02 Å². The van der Waals surface area contributed by atoms with Crippen molar-refractivity contribution in [1.29, 1.82) is 0 Å². The second kappa shape index (κ2) is 6.84. The first-order valence-electron chi connectivity index (χ1n) is 6.55. The van der Waals surface area contributed by atoms with Crippen molar-refractivity contribution < 1.29 is 5.11 Å². The van der Waals surface area contributed by atoms with Gasteiger partial charge in [-0.25, -0.2) is 0 Å². The van der Waals surface area contributed by atoms with Crippen molar-refractivity contribution in [1.82, 2.24) is 4.57 Å². The molecule has 1 aromatic heterocycles. The van der Waals surface area contributed by atoms with E-state index in [-0.39, 0.29) is 5.88 Å². The molecule has 0 unspecified atom stereocenters. The second-order valence-electron chi connectivity index (χ2n) is 4.58. The molecule has 3 rings (SSSR count). The van der Waals surface area contributed by atoms with E-state index in [4.69, 9.17) is 35.4 Å². The molecule has 3 aromatic rings. The molecule has 1 heterocycles. The van der Waals surface area contributed by atoms with E-state index in [9.17, 15) is 5.11 Å². The lowest BCUT2D eigenvalue weighted by molar-refractivity contribution is 0.441. The predicted octanol–water partition coefficient (Wildman–Crippen LogP) is 6.03. The second-order valence-corrected chi connectivity index (χ2v) is 7.10. The van der Waals surface area contributed by atoms with Crippen molar-refractivity contribution in [3.8, 4) is 11.6 Å². The minimum Gasteiger partial charge on any atom is -0.493 e. The molecular weight excluding hydrogens is 371 g/mol. The Balaban J connectivity index is 2.00. The molecule has 0 aliphatic rings. The summed E-state index contributed by atoms with van der Waals surface area (Å²) in [5.41, 5.74) is 1.37. The van der Waals surface area contributed by atoms with Gasteiger partial charge in [-0.3, -0.25) is 9.56 Å². The smallest absolute Gasteiger partial charge is 0.216 e. The van der Waals surface area contributed by atoms with E-state index in [1.807, 2.05) is 12.1 Å². The van der Waals surface area contributed by atoms with Crippen LogP contribution in [-0.2, 0) is 0 Å². The van der Waals surface area contributed by atoms with Gasteiger partial charge in [0.05, 0.1) is 22.6 Å². The van der Waals surface area contributed by atoms with E-state index in [0.29, 0.717) is 24.6 Å². The standard InChI is InChI=1S/C16H10Cl2N2OS2/c17-10-5-7-11(8-6-10)20-15(21)14(23-16(20)22)9-19-13-4-2-1-3-12(13)18/h1-9,21H. The van der Waals surface area contributed by atoms with Crippen LogP contribution in [0.1, 0.15) is 4.88 Å². The highest BCUT2D eigenvalue weighted by Gasteiger charge is 2.12. The molecule has 0 amide bonds. The maximum absolute atomic E-state index is 10.4. The molecule has 7 heteroatoms. The number of nitrogens with zero attached hydrogens (tertiary/aromatic N) is 2. The topological polar surface area (TPSA) is 37.5 Å². The summed E-state index contributed by atoms with van der Waals surface area (Å²) in [5, 5.41) is 11.6. The Labute approximate surface area is 152 Å². The summed E-state index contributed by atoms with van der Waals surface area (Å²) in [6, 6.07) is 14.3. The fourth-order valence-corrected chi connectivity index (χ4v) is 3.50. The van der Waals surface area contributed by atoms with Gasteiger partial charge in [-0.15, -0.1) is 0 Å². The number of para-hydroxylation sites is 1. The minimum atomic E-state index is 0.0399. The molecule has 116 valence electrons.